The molecule has 0 heterocycles. The van der Waals surface area contributed by atoms with Crippen LogP contribution in [0.25, 0.3) is 0 Å². The molecule has 2 heteroatoms. The standard InChI is InChI=1S/C18H20O2/c1-19-17-9-13-3-5-15-8-16(12-18(11-15)20-2)6-4-14(7-13)10-17/h7-12H,3-6H2,1-2H3. The van der Waals surface area contributed by atoms with Gasteiger partial charge in [-0.3, -0.25) is 0 Å². The molecule has 20 heavy (non-hydrogen) atoms. The maximum absolute atomic E-state index is 5.41. The Morgan fingerprint density at radius 3 is 1.10 bits per heavy atom. The second-order valence-corrected chi connectivity index (χ2v) is 5.38. The fourth-order valence-electron chi connectivity index (χ4n) is 2.85. The summed E-state index contributed by atoms with van der Waals surface area (Å²) in [4.78, 5) is 0. The van der Waals surface area contributed by atoms with Crippen molar-refractivity contribution in [2.75, 3.05) is 14.2 Å². The molecular formula is C18H20O2. The Bertz CT molecular complexity index is 517. The predicted octanol–water partition coefficient (Wildman–Crippen LogP) is 3.59. The molecule has 0 aromatic heterocycles. The molecule has 2 aromatic rings. The van der Waals surface area contributed by atoms with E-state index in [2.05, 4.69) is 36.4 Å². The summed E-state index contributed by atoms with van der Waals surface area (Å²) in [5.74, 6) is 1.94. The molecule has 0 N–H and O–H groups in total. The van der Waals surface area contributed by atoms with Crippen molar-refractivity contribution in [3.05, 3.63) is 58.7 Å². The Morgan fingerprint density at radius 1 is 0.550 bits per heavy atom. The third-order valence-electron chi connectivity index (χ3n) is 3.93. The van der Waals surface area contributed by atoms with Crippen LogP contribution < -0.4 is 9.47 Å². The summed E-state index contributed by atoms with van der Waals surface area (Å²) in [5, 5.41) is 0. The zero-order valence-electron chi connectivity index (χ0n) is 12.1. The topological polar surface area (TPSA) is 18.5 Å². The molecule has 0 radical (unpaired) electrons. The highest BCUT2D eigenvalue weighted by Gasteiger charge is 2.08. The van der Waals surface area contributed by atoms with E-state index in [-0.39, 0.29) is 0 Å². The summed E-state index contributed by atoms with van der Waals surface area (Å²) >= 11 is 0. The number of methoxy groups -OCH3 is 2. The second kappa shape index (κ2) is 5.58. The maximum atomic E-state index is 5.41. The summed E-state index contributed by atoms with van der Waals surface area (Å²) in [7, 11) is 3.48. The summed E-state index contributed by atoms with van der Waals surface area (Å²) in [6.45, 7) is 0. The molecular weight excluding hydrogens is 248 g/mol. The monoisotopic (exact) mass is 268 g/mol. The zero-order chi connectivity index (χ0) is 13.9. The first-order chi connectivity index (χ1) is 9.76. The van der Waals surface area contributed by atoms with Crippen LogP contribution in [0, 0.1) is 0 Å². The van der Waals surface area contributed by atoms with Crippen LogP contribution in [0.1, 0.15) is 22.3 Å². The Kier molecular flexibility index (Phi) is 3.64. The van der Waals surface area contributed by atoms with Crippen molar-refractivity contribution >= 4 is 0 Å². The fourth-order valence-corrected chi connectivity index (χ4v) is 2.85. The van der Waals surface area contributed by atoms with Crippen LogP contribution in [0.3, 0.4) is 0 Å². The van der Waals surface area contributed by atoms with Gasteiger partial charge in [0.25, 0.3) is 0 Å². The first-order valence-corrected chi connectivity index (χ1v) is 7.10. The molecule has 104 valence electrons. The van der Waals surface area contributed by atoms with E-state index in [9.17, 15) is 0 Å². The van der Waals surface area contributed by atoms with Crippen molar-refractivity contribution in [2.24, 2.45) is 0 Å². The van der Waals surface area contributed by atoms with Crippen molar-refractivity contribution < 1.29 is 9.47 Å². The molecule has 0 unspecified atom stereocenters. The smallest absolute Gasteiger partial charge is 0.119 e. The number of fused-ring (bicyclic) bond motifs is 4. The molecule has 1 aliphatic carbocycles. The number of hydrogen-bond acceptors (Lipinski definition) is 2. The molecule has 0 amide bonds. The van der Waals surface area contributed by atoms with Gasteiger partial charge >= 0.3 is 0 Å². The molecule has 4 bridgehead atoms. The minimum Gasteiger partial charge on any atom is -0.497 e. The molecule has 2 nitrogen and oxygen atoms in total. The van der Waals surface area contributed by atoms with Gasteiger partial charge < -0.3 is 9.47 Å². The van der Waals surface area contributed by atoms with Crippen LogP contribution in [-0.4, -0.2) is 14.2 Å². The number of benzene rings is 2. The van der Waals surface area contributed by atoms with Gasteiger partial charge in [0.1, 0.15) is 11.5 Å². The van der Waals surface area contributed by atoms with Gasteiger partial charge in [0.15, 0.2) is 0 Å². The van der Waals surface area contributed by atoms with E-state index < -0.39 is 0 Å². The van der Waals surface area contributed by atoms with Crippen molar-refractivity contribution in [2.45, 2.75) is 25.7 Å². The molecule has 0 atom stereocenters. The van der Waals surface area contributed by atoms with Gasteiger partial charge in [-0.2, -0.15) is 0 Å². The Labute approximate surface area is 120 Å². The van der Waals surface area contributed by atoms with Crippen molar-refractivity contribution in [3.8, 4) is 11.5 Å². The zero-order valence-corrected chi connectivity index (χ0v) is 12.1. The van der Waals surface area contributed by atoms with Gasteiger partial charge in [-0.05, 0) is 72.2 Å². The van der Waals surface area contributed by atoms with E-state index in [1.165, 1.54) is 22.3 Å². The first-order valence-electron chi connectivity index (χ1n) is 7.10. The van der Waals surface area contributed by atoms with Crippen LogP contribution in [-0.2, 0) is 25.7 Å². The number of rotatable bonds is 2. The number of aryl methyl sites for hydroxylation is 4. The summed E-state index contributed by atoms with van der Waals surface area (Å²) in [6, 6.07) is 13.2. The molecule has 0 saturated carbocycles. The molecule has 3 rings (SSSR count). The lowest BCUT2D eigenvalue weighted by atomic mass is 9.94. The molecule has 0 aliphatic heterocycles. The molecule has 0 fully saturated rings. The van der Waals surface area contributed by atoms with Crippen molar-refractivity contribution in [1.29, 1.82) is 0 Å². The SMILES string of the molecule is COc1cc2cc(c1)CCc1cc(cc(OC)c1)CC2. The third kappa shape index (κ3) is 2.79. The average Bonchev–Trinajstić information content (AvgIpc) is 2.49. The maximum Gasteiger partial charge on any atom is 0.119 e. The predicted molar refractivity (Wildman–Crippen MR) is 80.8 cm³/mol. The van der Waals surface area contributed by atoms with Crippen LogP contribution in [0.4, 0.5) is 0 Å². The van der Waals surface area contributed by atoms with Gasteiger partial charge in [0.2, 0.25) is 0 Å². The quantitative estimate of drug-likeness (QED) is 0.828. The van der Waals surface area contributed by atoms with Gasteiger partial charge in [0, 0.05) is 0 Å². The number of ether oxygens (including phenoxy) is 2. The fraction of sp³-hybridized carbons (Fsp3) is 0.333. The van der Waals surface area contributed by atoms with E-state index in [0.29, 0.717) is 0 Å². The second-order valence-electron chi connectivity index (χ2n) is 5.38. The Morgan fingerprint density at radius 2 is 0.850 bits per heavy atom. The highest BCUT2D eigenvalue weighted by molar-refractivity contribution is 5.39. The molecule has 0 spiro atoms. The lowest BCUT2D eigenvalue weighted by Gasteiger charge is -2.14. The lowest BCUT2D eigenvalue weighted by Crippen LogP contribution is -2.01. The first kappa shape index (κ1) is 13.0. The van der Waals surface area contributed by atoms with Crippen molar-refractivity contribution in [1.82, 2.24) is 0 Å². The minimum absolute atomic E-state index is 0.972. The van der Waals surface area contributed by atoms with Crippen molar-refractivity contribution in [3.63, 3.8) is 0 Å². The lowest BCUT2D eigenvalue weighted by molar-refractivity contribution is 0.412. The molecule has 1 aliphatic rings. The van der Waals surface area contributed by atoms with Crippen LogP contribution in [0.5, 0.6) is 11.5 Å². The van der Waals surface area contributed by atoms with Gasteiger partial charge in [-0.1, -0.05) is 12.1 Å². The van der Waals surface area contributed by atoms with E-state index in [1.54, 1.807) is 14.2 Å². The normalized spacial score (nSPS) is 13.7. The van der Waals surface area contributed by atoms with Gasteiger partial charge in [-0.15, -0.1) is 0 Å². The minimum atomic E-state index is 0.972. The van der Waals surface area contributed by atoms with Crippen LogP contribution in [0.15, 0.2) is 36.4 Å². The van der Waals surface area contributed by atoms with E-state index in [1.807, 2.05) is 0 Å². The van der Waals surface area contributed by atoms with Gasteiger partial charge in [-0.25, -0.2) is 0 Å². The van der Waals surface area contributed by atoms with Gasteiger partial charge in [0.05, 0.1) is 14.2 Å². The summed E-state index contributed by atoms with van der Waals surface area (Å²) in [5.41, 5.74) is 5.41. The van der Waals surface area contributed by atoms with Crippen LogP contribution >= 0.6 is 0 Å². The average molecular weight is 268 g/mol. The Hall–Kier alpha value is -1.96. The molecule has 2 aromatic carbocycles. The van der Waals surface area contributed by atoms with E-state index in [4.69, 9.17) is 9.47 Å². The van der Waals surface area contributed by atoms with E-state index in [0.717, 1.165) is 37.2 Å². The van der Waals surface area contributed by atoms with E-state index >= 15 is 0 Å². The van der Waals surface area contributed by atoms with Crippen LogP contribution in [0.2, 0.25) is 0 Å². The Balaban J connectivity index is 1.97. The summed E-state index contributed by atoms with van der Waals surface area (Å²) < 4.78 is 10.8. The largest absolute Gasteiger partial charge is 0.497 e. The third-order valence-corrected chi connectivity index (χ3v) is 3.93. The summed E-state index contributed by atoms with van der Waals surface area (Å²) in [6.07, 6.45) is 4.15. The number of hydrogen-bond donors (Lipinski definition) is 0. The highest BCUT2D eigenvalue weighted by atomic mass is 16.5. The molecule has 0 saturated heterocycles. The highest BCUT2D eigenvalue weighted by Crippen LogP contribution is 2.24.